The van der Waals surface area contributed by atoms with Gasteiger partial charge in [-0.3, -0.25) is 5.10 Å². The van der Waals surface area contributed by atoms with Crippen LogP contribution in [0.4, 0.5) is 5.69 Å². The summed E-state index contributed by atoms with van der Waals surface area (Å²) in [4.78, 5) is 0. The van der Waals surface area contributed by atoms with Gasteiger partial charge in [-0.1, -0.05) is 12.1 Å². The monoisotopic (exact) mass is 365 g/mol. The van der Waals surface area contributed by atoms with Crippen molar-refractivity contribution in [2.75, 3.05) is 19.0 Å². The van der Waals surface area contributed by atoms with Crippen molar-refractivity contribution in [3.05, 3.63) is 42.5 Å². The lowest BCUT2D eigenvalue weighted by molar-refractivity contribution is 0.126. The topological polar surface area (TPSA) is 125 Å². The van der Waals surface area contributed by atoms with Gasteiger partial charge < -0.3 is 15.2 Å². The molecule has 1 unspecified atom stereocenters. The fraction of sp³-hybridized carbons (Fsp3) is 0.222. The SMILES string of the molecule is COCCC(O)Nc1cccc(-c2n[nH]c3ccc(-c4nn[nH]n4)cc23)c1. The van der Waals surface area contributed by atoms with Gasteiger partial charge in [-0.05, 0) is 35.5 Å². The molecule has 9 heteroatoms. The minimum atomic E-state index is -0.680. The summed E-state index contributed by atoms with van der Waals surface area (Å²) >= 11 is 0. The molecule has 0 amide bonds. The predicted molar refractivity (Wildman–Crippen MR) is 101 cm³/mol. The lowest BCUT2D eigenvalue weighted by Crippen LogP contribution is -2.20. The third kappa shape index (κ3) is 3.64. The molecule has 27 heavy (non-hydrogen) atoms. The number of aliphatic hydroxyl groups excluding tert-OH is 1. The van der Waals surface area contributed by atoms with Gasteiger partial charge in [-0.15, -0.1) is 10.2 Å². The maximum Gasteiger partial charge on any atom is 0.204 e. The minimum Gasteiger partial charge on any atom is -0.385 e. The smallest absolute Gasteiger partial charge is 0.204 e. The number of aromatic amines is 2. The van der Waals surface area contributed by atoms with E-state index in [9.17, 15) is 5.11 Å². The van der Waals surface area contributed by atoms with E-state index in [4.69, 9.17) is 4.74 Å². The fourth-order valence-electron chi connectivity index (χ4n) is 2.91. The molecule has 0 radical (unpaired) electrons. The van der Waals surface area contributed by atoms with Gasteiger partial charge in [0.1, 0.15) is 6.23 Å². The van der Waals surface area contributed by atoms with Gasteiger partial charge in [0, 0.05) is 35.7 Å². The van der Waals surface area contributed by atoms with Gasteiger partial charge in [0.25, 0.3) is 0 Å². The Bertz CT molecular complexity index is 1030. The Morgan fingerprint density at radius 2 is 2.07 bits per heavy atom. The molecule has 0 spiro atoms. The van der Waals surface area contributed by atoms with E-state index in [1.165, 1.54) is 0 Å². The Kier molecular flexibility index (Phi) is 4.77. The number of anilines is 1. The third-order valence-corrected chi connectivity index (χ3v) is 4.23. The largest absolute Gasteiger partial charge is 0.385 e. The van der Waals surface area contributed by atoms with Gasteiger partial charge in [0.15, 0.2) is 0 Å². The number of methoxy groups -OCH3 is 1. The Balaban J connectivity index is 1.66. The highest BCUT2D eigenvalue weighted by molar-refractivity contribution is 5.95. The standard InChI is InChI=1S/C18H19N7O2/c1-27-8-7-16(26)19-13-4-2-3-11(9-13)17-14-10-12(18-22-24-25-23-18)5-6-15(14)20-21-17/h2-6,9-10,16,19,26H,7-8H2,1H3,(H,20,21)(H,22,23,24,25). The molecule has 0 saturated carbocycles. The van der Waals surface area contributed by atoms with Crippen LogP contribution in [0, 0.1) is 0 Å². The van der Waals surface area contributed by atoms with Crippen molar-refractivity contribution in [1.82, 2.24) is 30.8 Å². The summed E-state index contributed by atoms with van der Waals surface area (Å²) in [5.41, 5.74) is 4.31. The second-order valence-electron chi connectivity index (χ2n) is 6.09. The number of H-pyrrole nitrogens is 2. The molecule has 0 aliphatic carbocycles. The number of rotatable bonds is 7. The fourth-order valence-corrected chi connectivity index (χ4v) is 2.91. The van der Waals surface area contributed by atoms with E-state index in [0.717, 1.165) is 33.4 Å². The number of nitrogens with zero attached hydrogens (tertiary/aromatic N) is 4. The molecule has 4 aromatic rings. The highest BCUT2D eigenvalue weighted by atomic mass is 16.5. The Morgan fingerprint density at radius 3 is 2.89 bits per heavy atom. The summed E-state index contributed by atoms with van der Waals surface area (Å²) in [6.45, 7) is 0.483. The van der Waals surface area contributed by atoms with Crippen LogP contribution in [0.25, 0.3) is 33.5 Å². The molecule has 2 aromatic carbocycles. The zero-order valence-corrected chi connectivity index (χ0v) is 14.7. The average molecular weight is 365 g/mol. The van der Waals surface area contributed by atoms with Crippen molar-refractivity contribution < 1.29 is 9.84 Å². The second-order valence-corrected chi connectivity index (χ2v) is 6.09. The number of aromatic nitrogens is 6. The van der Waals surface area contributed by atoms with Crippen LogP contribution >= 0.6 is 0 Å². The average Bonchev–Trinajstić information content (AvgIpc) is 3.36. The number of ether oxygens (including phenoxy) is 1. The van der Waals surface area contributed by atoms with Crippen LogP contribution in [0.5, 0.6) is 0 Å². The molecule has 0 aliphatic heterocycles. The third-order valence-electron chi connectivity index (χ3n) is 4.23. The lowest BCUT2D eigenvalue weighted by atomic mass is 10.0. The van der Waals surface area contributed by atoms with E-state index in [1.54, 1.807) is 7.11 Å². The van der Waals surface area contributed by atoms with E-state index in [2.05, 4.69) is 36.1 Å². The first kappa shape index (κ1) is 17.1. The van der Waals surface area contributed by atoms with Crippen molar-refractivity contribution in [2.45, 2.75) is 12.6 Å². The number of tetrazole rings is 1. The zero-order valence-electron chi connectivity index (χ0n) is 14.7. The number of hydrogen-bond donors (Lipinski definition) is 4. The molecule has 138 valence electrons. The van der Waals surface area contributed by atoms with Crippen LogP contribution in [-0.2, 0) is 4.74 Å². The molecular weight excluding hydrogens is 346 g/mol. The first-order chi connectivity index (χ1) is 13.2. The molecule has 2 aromatic heterocycles. The summed E-state index contributed by atoms with van der Waals surface area (Å²) in [5.74, 6) is 0.528. The molecule has 2 heterocycles. The van der Waals surface area contributed by atoms with Gasteiger partial charge in [0.05, 0.1) is 17.8 Å². The van der Waals surface area contributed by atoms with Crippen LogP contribution < -0.4 is 5.32 Å². The summed E-state index contributed by atoms with van der Waals surface area (Å²) < 4.78 is 4.99. The maximum absolute atomic E-state index is 10.0. The van der Waals surface area contributed by atoms with Crippen molar-refractivity contribution in [3.63, 3.8) is 0 Å². The van der Waals surface area contributed by atoms with E-state index < -0.39 is 6.23 Å². The molecule has 1 atom stereocenters. The summed E-state index contributed by atoms with van der Waals surface area (Å²) in [6, 6.07) is 13.6. The van der Waals surface area contributed by atoms with Crippen LogP contribution in [0.15, 0.2) is 42.5 Å². The summed E-state index contributed by atoms with van der Waals surface area (Å²) in [5, 5.41) is 35.7. The molecule has 0 aliphatic rings. The number of hydrogen-bond acceptors (Lipinski definition) is 7. The highest BCUT2D eigenvalue weighted by Crippen LogP contribution is 2.30. The zero-order chi connectivity index (χ0) is 18.6. The quantitative estimate of drug-likeness (QED) is 0.370. The van der Waals surface area contributed by atoms with Crippen LogP contribution in [-0.4, -0.2) is 55.9 Å². The maximum atomic E-state index is 10.0. The lowest BCUT2D eigenvalue weighted by Gasteiger charge is -2.14. The number of fused-ring (bicyclic) bond motifs is 1. The van der Waals surface area contributed by atoms with Gasteiger partial charge in [-0.25, -0.2) is 0 Å². The van der Waals surface area contributed by atoms with Gasteiger partial charge >= 0.3 is 0 Å². The Morgan fingerprint density at radius 1 is 1.15 bits per heavy atom. The van der Waals surface area contributed by atoms with E-state index >= 15 is 0 Å². The normalized spacial score (nSPS) is 12.4. The molecule has 0 bridgehead atoms. The number of benzene rings is 2. The van der Waals surface area contributed by atoms with Crippen molar-refractivity contribution in [1.29, 1.82) is 0 Å². The Labute approximate surface area is 154 Å². The second kappa shape index (κ2) is 7.52. The van der Waals surface area contributed by atoms with Gasteiger partial charge in [-0.2, -0.15) is 10.3 Å². The highest BCUT2D eigenvalue weighted by Gasteiger charge is 2.12. The van der Waals surface area contributed by atoms with Crippen molar-refractivity contribution in [3.8, 4) is 22.6 Å². The first-order valence-electron chi connectivity index (χ1n) is 8.50. The summed E-state index contributed by atoms with van der Waals surface area (Å²) in [7, 11) is 1.61. The van der Waals surface area contributed by atoms with Crippen molar-refractivity contribution in [2.24, 2.45) is 0 Å². The Hall–Kier alpha value is -3.30. The van der Waals surface area contributed by atoms with E-state index in [1.807, 2.05) is 42.5 Å². The predicted octanol–water partition coefficient (Wildman–Crippen LogP) is 2.18. The molecule has 4 N–H and O–H groups in total. The van der Waals surface area contributed by atoms with Crippen LogP contribution in [0.3, 0.4) is 0 Å². The molecular formula is C18H19N7O2. The van der Waals surface area contributed by atoms with E-state index in [-0.39, 0.29) is 0 Å². The van der Waals surface area contributed by atoms with Crippen LogP contribution in [0.2, 0.25) is 0 Å². The first-order valence-corrected chi connectivity index (χ1v) is 8.50. The van der Waals surface area contributed by atoms with Crippen LogP contribution in [0.1, 0.15) is 6.42 Å². The molecule has 0 fully saturated rings. The van der Waals surface area contributed by atoms with Gasteiger partial charge in [0.2, 0.25) is 5.82 Å². The summed E-state index contributed by atoms with van der Waals surface area (Å²) in [6.07, 6.45) is -0.180. The minimum absolute atomic E-state index is 0.483. The van der Waals surface area contributed by atoms with E-state index in [0.29, 0.717) is 18.9 Å². The number of nitrogens with one attached hydrogen (secondary N) is 3. The molecule has 0 saturated heterocycles. The molecule has 9 nitrogen and oxygen atoms in total. The van der Waals surface area contributed by atoms with Crippen molar-refractivity contribution >= 4 is 16.6 Å². The molecule has 4 rings (SSSR count). The number of aliphatic hydroxyl groups is 1.